The van der Waals surface area contributed by atoms with Crippen molar-refractivity contribution in [3.63, 3.8) is 0 Å². The summed E-state index contributed by atoms with van der Waals surface area (Å²) in [5.41, 5.74) is 6.30. The molecule has 1 aliphatic carbocycles. The van der Waals surface area contributed by atoms with Crippen molar-refractivity contribution in [2.45, 2.75) is 32.1 Å². The van der Waals surface area contributed by atoms with Gasteiger partial charge in [0.25, 0.3) is 0 Å². The Labute approximate surface area is 216 Å². The van der Waals surface area contributed by atoms with Crippen LogP contribution in [0, 0.1) is 12.7 Å². The lowest BCUT2D eigenvalue weighted by molar-refractivity contribution is 0.257. The third-order valence-corrected chi connectivity index (χ3v) is 6.77. The molecule has 0 bridgehead atoms. The molecule has 37 heavy (non-hydrogen) atoms. The number of anilines is 2. The quantitative estimate of drug-likeness (QED) is 0.333. The van der Waals surface area contributed by atoms with Crippen LogP contribution in [0.5, 0.6) is 11.5 Å². The highest BCUT2D eigenvalue weighted by atomic mass is 19.1. The minimum atomic E-state index is -0.315. The Morgan fingerprint density at radius 2 is 1.73 bits per heavy atom. The SMILES string of the molecule is COc1cc2nccc(C3CC3)c2cc1OC.Cc1ccc2c(c1)CCN2C(=O)Nc1ccc(F)cc1. The summed E-state index contributed by atoms with van der Waals surface area (Å²) in [4.78, 5) is 18.4. The molecule has 1 fully saturated rings. The molecule has 6 nitrogen and oxygen atoms in total. The van der Waals surface area contributed by atoms with Crippen LogP contribution in [0.25, 0.3) is 10.9 Å². The molecule has 2 heterocycles. The molecular formula is C30H30FN3O3. The third kappa shape index (κ3) is 5.35. The number of nitrogens with one attached hydrogen (secondary N) is 1. The number of aromatic nitrogens is 1. The summed E-state index contributed by atoms with van der Waals surface area (Å²) in [6.07, 6.45) is 5.32. The van der Waals surface area contributed by atoms with E-state index in [0.717, 1.165) is 29.1 Å². The van der Waals surface area contributed by atoms with Gasteiger partial charge in [-0.05, 0) is 85.7 Å². The highest BCUT2D eigenvalue weighted by Gasteiger charge is 2.26. The lowest BCUT2D eigenvalue weighted by atomic mass is 10.0. The fraction of sp³-hybridized carbons (Fsp3) is 0.267. The summed E-state index contributed by atoms with van der Waals surface area (Å²) < 4.78 is 23.5. The first-order chi connectivity index (χ1) is 18.0. The molecule has 0 saturated heterocycles. The van der Waals surface area contributed by atoms with E-state index in [-0.39, 0.29) is 11.8 Å². The number of ether oxygens (including phenoxy) is 2. The number of carbonyl (C=O) groups excluding carboxylic acids is 1. The van der Waals surface area contributed by atoms with E-state index in [2.05, 4.69) is 22.4 Å². The number of fused-ring (bicyclic) bond motifs is 2. The summed E-state index contributed by atoms with van der Waals surface area (Å²) >= 11 is 0. The molecule has 0 spiro atoms. The first-order valence-corrected chi connectivity index (χ1v) is 12.4. The molecule has 6 rings (SSSR count). The van der Waals surface area contributed by atoms with Crippen molar-refractivity contribution < 1.29 is 18.7 Å². The Kier molecular flexibility index (Phi) is 6.95. The van der Waals surface area contributed by atoms with Gasteiger partial charge in [-0.2, -0.15) is 0 Å². The maximum atomic E-state index is 12.8. The fourth-order valence-corrected chi connectivity index (χ4v) is 4.71. The average Bonchev–Trinajstić information content (AvgIpc) is 3.68. The van der Waals surface area contributed by atoms with Crippen LogP contribution in [0.4, 0.5) is 20.6 Å². The molecule has 1 N–H and O–H groups in total. The molecule has 2 amide bonds. The first kappa shape index (κ1) is 24.6. The Morgan fingerprint density at radius 3 is 2.43 bits per heavy atom. The van der Waals surface area contributed by atoms with Gasteiger partial charge < -0.3 is 14.8 Å². The number of amides is 2. The third-order valence-electron chi connectivity index (χ3n) is 6.77. The molecule has 3 aromatic carbocycles. The Balaban J connectivity index is 0.000000153. The predicted octanol–water partition coefficient (Wildman–Crippen LogP) is 6.86. The van der Waals surface area contributed by atoms with Gasteiger partial charge in [0.1, 0.15) is 5.82 Å². The van der Waals surface area contributed by atoms with Gasteiger partial charge in [-0.3, -0.25) is 9.88 Å². The van der Waals surface area contributed by atoms with Gasteiger partial charge in [-0.25, -0.2) is 9.18 Å². The number of methoxy groups -OCH3 is 2. The van der Waals surface area contributed by atoms with E-state index in [1.54, 1.807) is 31.3 Å². The second-order valence-corrected chi connectivity index (χ2v) is 9.37. The largest absolute Gasteiger partial charge is 0.493 e. The molecule has 4 aromatic rings. The molecule has 1 saturated carbocycles. The van der Waals surface area contributed by atoms with Crippen molar-refractivity contribution in [3.8, 4) is 11.5 Å². The Hall–Kier alpha value is -4.13. The molecule has 0 unspecified atom stereocenters. The van der Waals surface area contributed by atoms with E-state index in [0.29, 0.717) is 18.2 Å². The van der Waals surface area contributed by atoms with Crippen molar-refractivity contribution in [3.05, 3.63) is 89.4 Å². The molecule has 7 heteroatoms. The van der Waals surface area contributed by atoms with Gasteiger partial charge in [0.15, 0.2) is 11.5 Å². The number of hydrogen-bond acceptors (Lipinski definition) is 4. The van der Waals surface area contributed by atoms with Crippen molar-refractivity contribution >= 4 is 28.3 Å². The van der Waals surface area contributed by atoms with E-state index in [1.807, 2.05) is 37.4 Å². The Bertz CT molecular complexity index is 1430. The van der Waals surface area contributed by atoms with Crippen LogP contribution in [0.15, 0.2) is 66.9 Å². The summed E-state index contributed by atoms with van der Waals surface area (Å²) in [5, 5.41) is 3.97. The monoisotopic (exact) mass is 499 g/mol. The fourth-order valence-electron chi connectivity index (χ4n) is 4.71. The van der Waals surface area contributed by atoms with E-state index < -0.39 is 0 Å². The zero-order chi connectivity index (χ0) is 25.9. The lowest BCUT2D eigenvalue weighted by Crippen LogP contribution is -2.33. The van der Waals surface area contributed by atoms with Crippen molar-refractivity contribution in [2.75, 3.05) is 31.0 Å². The van der Waals surface area contributed by atoms with Crippen molar-refractivity contribution in [1.82, 2.24) is 4.98 Å². The Morgan fingerprint density at radius 1 is 1.00 bits per heavy atom. The van der Waals surface area contributed by atoms with Gasteiger partial charge >= 0.3 is 6.03 Å². The predicted molar refractivity (Wildman–Crippen MR) is 144 cm³/mol. The normalized spacial score (nSPS) is 14.0. The average molecular weight is 500 g/mol. The smallest absolute Gasteiger partial charge is 0.326 e. The number of nitrogens with zero attached hydrogens (tertiary/aromatic N) is 2. The number of halogens is 1. The zero-order valence-corrected chi connectivity index (χ0v) is 21.3. The van der Waals surface area contributed by atoms with Gasteiger partial charge in [0, 0.05) is 35.6 Å². The van der Waals surface area contributed by atoms with Crippen molar-refractivity contribution in [2.24, 2.45) is 0 Å². The highest BCUT2D eigenvalue weighted by molar-refractivity contribution is 6.03. The molecule has 2 aliphatic rings. The highest BCUT2D eigenvalue weighted by Crippen LogP contribution is 2.44. The zero-order valence-electron chi connectivity index (χ0n) is 21.3. The van der Waals surface area contributed by atoms with Gasteiger partial charge in [-0.1, -0.05) is 17.7 Å². The maximum absolute atomic E-state index is 12.8. The minimum Gasteiger partial charge on any atom is -0.493 e. The molecule has 1 aromatic heterocycles. The maximum Gasteiger partial charge on any atom is 0.326 e. The number of carbonyl (C=O) groups is 1. The van der Waals surface area contributed by atoms with Crippen LogP contribution < -0.4 is 19.7 Å². The molecule has 0 radical (unpaired) electrons. The number of rotatable bonds is 4. The lowest BCUT2D eigenvalue weighted by Gasteiger charge is -2.18. The topological polar surface area (TPSA) is 63.7 Å². The minimum absolute atomic E-state index is 0.181. The van der Waals surface area contributed by atoms with E-state index in [4.69, 9.17) is 9.47 Å². The van der Waals surface area contributed by atoms with Gasteiger partial charge in [0.2, 0.25) is 0 Å². The van der Waals surface area contributed by atoms with Crippen LogP contribution >= 0.6 is 0 Å². The summed E-state index contributed by atoms with van der Waals surface area (Å²) in [6.45, 7) is 2.72. The summed E-state index contributed by atoms with van der Waals surface area (Å²) in [5.74, 6) is 1.90. The number of pyridine rings is 1. The van der Waals surface area contributed by atoms with E-state index >= 15 is 0 Å². The number of hydrogen-bond donors (Lipinski definition) is 1. The molecule has 1 aliphatic heterocycles. The molecule has 190 valence electrons. The number of benzene rings is 3. The second kappa shape index (κ2) is 10.5. The number of aryl methyl sites for hydroxylation is 1. The second-order valence-electron chi connectivity index (χ2n) is 9.37. The van der Waals surface area contributed by atoms with Crippen molar-refractivity contribution in [1.29, 1.82) is 0 Å². The van der Waals surface area contributed by atoms with Gasteiger partial charge in [0.05, 0.1) is 19.7 Å². The van der Waals surface area contributed by atoms with Crippen LogP contribution in [0.2, 0.25) is 0 Å². The van der Waals surface area contributed by atoms with Gasteiger partial charge in [-0.15, -0.1) is 0 Å². The molecular weight excluding hydrogens is 469 g/mol. The van der Waals surface area contributed by atoms with Crippen LogP contribution in [-0.2, 0) is 6.42 Å². The van der Waals surface area contributed by atoms with Crippen LogP contribution in [-0.4, -0.2) is 31.8 Å². The summed E-state index contributed by atoms with van der Waals surface area (Å²) in [6, 6.07) is 17.8. The molecule has 0 atom stereocenters. The van der Waals surface area contributed by atoms with Crippen LogP contribution in [0.3, 0.4) is 0 Å². The standard InChI is InChI=1S/C16H15FN2O.C14H15NO2/c1-11-2-7-15-12(10-11)8-9-19(15)16(20)18-14-5-3-13(17)4-6-14;1-16-13-7-11-10(9-3-4-9)5-6-15-12(11)8-14(13)17-2/h2-7,10H,8-9H2,1H3,(H,18,20);5-9H,3-4H2,1-2H3. The van der Waals surface area contributed by atoms with Crippen LogP contribution in [0.1, 0.15) is 35.4 Å². The first-order valence-electron chi connectivity index (χ1n) is 12.4. The van der Waals surface area contributed by atoms with E-state index in [1.165, 1.54) is 47.1 Å². The number of urea groups is 1. The summed E-state index contributed by atoms with van der Waals surface area (Å²) in [7, 11) is 3.31. The van der Waals surface area contributed by atoms with E-state index in [9.17, 15) is 9.18 Å².